The summed E-state index contributed by atoms with van der Waals surface area (Å²) in [5.41, 5.74) is 0.679. The third-order valence-electron chi connectivity index (χ3n) is 5.29. The van der Waals surface area contributed by atoms with E-state index >= 15 is 0 Å². The molecule has 2 aromatic carbocycles. The quantitative estimate of drug-likeness (QED) is 0.623. The van der Waals surface area contributed by atoms with Gasteiger partial charge in [0.2, 0.25) is 22.7 Å². The molecule has 0 aliphatic carbocycles. The van der Waals surface area contributed by atoms with Gasteiger partial charge in [0, 0.05) is 18.7 Å². The van der Waals surface area contributed by atoms with Gasteiger partial charge in [0.25, 0.3) is 0 Å². The minimum atomic E-state index is -3.81. The molecule has 3 aromatic rings. The molecule has 1 amide bonds. The molecule has 162 valence electrons. The molecule has 0 radical (unpaired) electrons. The average molecular weight is 462 g/mol. The average Bonchev–Trinajstić information content (AvgIpc) is 3.50. The van der Waals surface area contributed by atoms with Crippen molar-refractivity contribution in [2.75, 3.05) is 25.8 Å². The lowest BCUT2D eigenvalue weighted by Crippen LogP contribution is -2.43. The van der Waals surface area contributed by atoms with Crippen LogP contribution in [0.15, 0.2) is 41.3 Å². The summed E-state index contributed by atoms with van der Waals surface area (Å²) in [6, 6.07) is 8.93. The first-order valence-electron chi connectivity index (χ1n) is 9.63. The van der Waals surface area contributed by atoms with Gasteiger partial charge in [-0.05, 0) is 37.1 Å². The molecular formula is C20H19N3O6S2. The Bertz CT molecular complexity index is 1210. The van der Waals surface area contributed by atoms with Crippen molar-refractivity contribution in [3.8, 4) is 17.2 Å². The normalized spacial score (nSPS) is 18.4. The van der Waals surface area contributed by atoms with Gasteiger partial charge in [-0.2, -0.15) is 4.31 Å². The number of anilines is 1. The number of rotatable bonds is 5. The minimum Gasteiger partial charge on any atom is -0.497 e. The Kier molecular flexibility index (Phi) is 4.95. The van der Waals surface area contributed by atoms with Crippen molar-refractivity contribution in [1.29, 1.82) is 0 Å². The SMILES string of the molecule is COc1ccc(S(=O)(=O)N2CCCC2C(=O)Nc2nc3cc4c(cc3s2)OCO4)cc1. The highest BCUT2D eigenvalue weighted by Crippen LogP contribution is 2.39. The summed E-state index contributed by atoms with van der Waals surface area (Å²) in [6.07, 6.45) is 1.05. The maximum atomic E-state index is 13.1. The molecule has 0 saturated carbocycles. The molecule has 3 heterocycles. The zero-order valence-electron chi connectivity index (χ0n) is 16.5. The van der Waals surface area contributed by atoms with E-state index in [0.717, 1.165) is 4.70 Å². The Morgan fingerprint density at radius 3 is 2.71 bits per heavy atom. The van der Waals surface area contributed by atoms with Crippen LogP contribution in [0.4, 0.5) is 5.13 Å². The van der Waals surface area contributed by atoms with Crippen LogP contribution < -0.4 is 19.5 Å². The van der Waals surface area contributed by atoms with Crippen LogP contribution in [0, 0.1) is 0 Å². The second-order valence-electron chi connectivity index (χ2n) is 7.13. The molecule has 0 bridgehead atoms. The van der Waals surface area contributed by atoms with E-state index in [0.29, 0.717) is 40.7 Å². The molecule has 1 atom stereocenters. The first kappa shape index (κ1) is 20.0. The lowest BCUT2D eigenvalue weighted by Gasteiger charge is -2.23. The van der Waals surface area contributed by atoms with Crippen molar-refractivity contribution < 1.29 is 27.4 Å². The second-order valence-corrected chi connectivity index (χ2v) is 10.1. The maximum absolute atomic E-state index is 13.1. The van der Waals surface area contributed by atoms with Gasteiger partial charge < -0.3 is 19.5 Å². The number of carbonyl (C=O) groups is 1. The van der Waals surface area contributed by atoms with Gasteiger partial charge in [0.1, 0.15) is 11.8 Å². The minimum absolute atomic E-state index is 0.127. The van der Waals surface area contributed by atoms with Gasteiger partial charge in [-0.25, -0.2) is 13.4 Å². The monoisotopic (exact) mass is 461 g/mol. The highest BCUT2D eigenvalue weighted by atomic mass is 32.2. The smallest absolute Gasteiger partial charge is 0.244 e. The number of ether oxygens (including phenoxy) is 3. The van der Waals surface area contributed by atoms with E-state index in [1.165, 1.54) is 34.9 Å². The number of nitrogens with zero attached hydrogens (tertiary/aromatic N) is 2. The van der Waals surface area contributed by atoms with Gasteiger partial charge in [0.15, 0.2) is 16.6 Å². The topological polar surface area (TPSA) is 107 Å². The Balaban J connectivity index is 1.36. The van der Waals surface area contributed by atoms with E-state index in [1.54, 1.807) is 18.2 Å². The number of amides is 1. The third kappa shape index (κ3) is 3.58. The number of benzene rings is 2. The van der Waals surface area contributed by atoms with E-state index in [9.17, 15) is 13.2 Å². The van der Waals surface area contributed by atoms with E-state index in [-0.39, 0.29) is 18.2 Å². The summed E-state index contributed by atoms with van der Waals surface area (Å²) in [7, 11) is -2.30. The summed E-state index contributed by atoms with van der Waals surface area (Å²) in [5, 5.41) is 3.18. The molecule has 9 nitrogen and oxygen atoms in total. The van der Waals surface area contributed by atoms with Crippen molar-refractivity contribution in [2.45, 2.75) is 23.8 Å². The number of aromatic nitrogens is 1. The molecule has 5 rings (SSSR count). The van der Waals surface area contributed by atoms with Gasteiger partial charge in [0.05, 0.1) is 22.2 Å². The standard InChI is InChI=1S/C20H19N3O6S2/c1-27-12-4-6-13(7-5-12)31(25,26)23-8-2-3-15(23)19(24)22-20-21-14-9-16-17(29-11-28-16)10-18(14)30-20/h4-7,9-10,15H,2-3,8,11H2,1H3,(H,21,22,24). The van der Waals surface area contributed by atoms with Crippen molar-refractivity contribution in [1.82, 2.24) is 9.29 Å². The van der Waals surface area contributed by atoms with Crippen molar-refractivity contribution in [3.63, 3.8) is 0 Å². The van der Waals surface area contributed by atoms with Gasteiger partial charge in [-0.15, -0.1) is 0 Å². The molecule has 0 spiro atoms. The van der Waals surface area contributed by atoms with E-state index in [4.69, 9.17) is 14.2 Å². The molecule has 1 saturated heterocycles. The number of hydrogen-bond acceptors (Lipinski definition) is 8. The molecular weight excluding hydrogens is 442 g/mol. The fourth-order valence-electron chi connectivity index (χ4n) is 3.73. The summed E-state index contributed by atoms with van der Waals surface area (Å²) < 4.78 is 44.2. The van der Waals surface area contributed by atoms with Gasteiger partial charge >= 0.3 is 0 Å². The number of methoxy groups -OCH3 is 1. The summed E-state index contributed by atoms with van der Waals surface area (Å²) in [4.78, 5) is 17.5. The van der Waals surface area contributed by atoms with E-state index < -0.39 is 22.0 Å². The van der Waals surface area contributed by atoms with Crippen molar-refractivity contribution >= 4 is 42.6 Å². The van der Waals surface area contributed by atoms with Crippen LogP contribution in [-0.2, 0) is 14.8 Å². The molecule has 1 fully saturated rings. The number of sulfonamides is 1. The van der Waals surface area contributed by atoms with Crippen LogP contribution in [0.5, 0.6) is 17.2 Å². The first-order chi connectivity index (χ1) is 15.0. The van der Waals surface area contributed by atoms with Crippen molar-refractivity contribution in [3.05, 3.63) is 36.4 Å². The lowest BCUT2D eigenvalue weighted by atomic mass is 10.2. The Labute approximate surface area is 182 Å². The van der Waals surface area contributed by atoms with Gasteiger partial charge in [-0.1, -0.05) is 11.3 Å². The highest BCUT2D eigenvalue weighted by molar-refractivity contribution is 7.89. The van der Waals surface area contributed by atoms with Crippen LogP contribution in [0.25, 0.3) is 10.2 Å². The first-order valence-corrected chi connectivity index (χ1v) is 11.9. The fraction of sp³-hybridized carbons (Fsp3) is 0.300. The van der Waals surface area contributed by atoms with Crippen LogP contribution in [0.2, 0.25) is 0 Å². The third-order valence-corrected chi connectivity index (χ3v) is 8.14. The van der Waals surface area contributed by atoms with Crippen LogP contribution >= 0.6 is 11.3 Å². The Morgan fingerprint density at radius 1 is 1.23 bits per heavy atom. The molecule has 1 aromatic heterocycles. The molecule has 1 unspecified atom stereocenters. The zero-order valence-corrected chi connectivity index (χ0v) is 18.2. The summed E-state index contributed by atoms with van der Waals surface area (Å²) >= 11 is 1.30. The molecule has 11 heteroatoms. The summed E-state index contributed by atoms with van der Waals surface area (Å²) in [6.45, 7) is 0.462. The molecule has 31 heavy (non-hydrogen) atoms. The van der Waals surface area contributed by atoms with Gasteiger partial charge in [-0.3, -0.25) is 4.79 Å². The Morgan fingerprint density at radius 2 is 1.97 bits per heavy atom. The zero-order chi connectivity index (χ0) is 21.6. The lowest BCUT2D eigenvalue weighted by molar-refractivity contribution is -0.119. The van der Waals surface area contributed by atoms with Crippen LogP contribution in [0.3, 0.4) is 0 Å². The predicted octanol–water partition coefficient (Wildman–Crippen LogP) is 2.83. The summed E-state index contributed by atoms with van der Waals surface area (Å²) in [5.74, 6) is 1.42. The number of thiazole rings is 1. The number of fused-ring (bicyclic) bond motifs is 2. The van der Waals surface area contributed by atoms with Crippen molar-refractivity contribution in [2.24, 2.45) is 0 Å². The highest BCUT2D eigenvalue weighted by Gasteiger charge is 2.39. The van der Waals surface area contributed by atoms with E-state index in [1.807, 2.05) is 6.07 Å². The maximum Gasteiger partial charge on any atom is 0.244 e. The molecule has 2 aliphatic heterocycles. The van der Waals surface area contributed by atoms with E-state index in [2.05, 4.69) is 10.3 Å². The van der Waals surface area contributed by atoms with Crippen LogP contribution in [-0.4, -0.2) is 50.1 Å². The van der Waals surface area contributed by atoms with Crippen LogP contribution in [0.1, 0.15) is 12.8 Å². The second kappa shape index (κ2) is 7.66. The Hall–Kier alpha value is -2.89. The molecule has 1 N–H and O–H groups in total. The number of hydrogen-bond donors (Lipinski definition) is 1. The fourth-order valence-corrected chi connectivity index (χ4v) is 6.27. The number of nitrogens with one attached hydrogen (secondary N) is 1. The molecule has 2 aliphatic rings. The largest absolute Gasteiger partial charge is 0.497 e. The predicted molar refractivity (Wildman–Crippen MR) is 114 cm³/mol. The number of carbonyl (C=O) groups excluding carboxylic acids is 1.